The van der Waals surface area contributed by atoms with Gasteiger partial charge in [0.15, 0.2) is 5.69 Å². The first-order chi connectivity index (χ1) is 12.4. The van der Waals surface area contributed by atoms with Crippen molar-refractivity contribution in [3.05, 3.63) is 45.2 Å². The number of halogens is 2. The van der Waals surface area contributed by atoms with Crippen LogP contribution in [0.4, 0.5) is 5.82 Å². The third-order valence-electron chi connectivity index (χ3n) is 3.64. The average molecular weight is 398 g/mol. The summed E-state index contributed by atoms with van der Waals surface area (Å²) >= 11 is 11.9. The highest BCUT2D eigenvalue weighted by Gasteiger charge is 2.23. The molecule has 10 nitrogen and oxygen atoms in total. The highest BCUT2D eigenvalue weighted by molar-refractivity contribution is 6.42. The number of nitrogens with one attached hydrogen (secondary N) is 1. The topological polar surface area (TPSA) is 145 Å². The minimum Gasteiger partial charge on any atom is -0.394 e. The molecule has 0 aliphatic carbocycles. The van der Waals surface area contributed by atoms with Crippen LogP contribution in [-0.2, 0) is 0 Å². The first-order valence-corrected chi connectivity index (χ1v) is 8.05. The summed E-state index contributed by atoms with van der Waals surface area (Å²) in [5.41, 5.74) is 6.61. The van der Waals surface area contributed by atoms with Crippen LogP contribution < -0.4 is 11.1 Å². The monoisotopic (exact) mass is 397 g/mol. The Labute approximate surface area is 156 Å². The number of aromatic nitrogens is 5. The third-order valence-corrected chi connectivity index (χ3v) is 4.38. The molecule has 1 aromatic carbocycles. The molecule has 1 amide bonds. The van der Waals surface area contributed by atoms with Crippen molar-refractivity contribution in [1.82, 2.24) is 30.6 Å². The zero-order valence-corrected chi connectivity index (χ0v) is 14.9. The predicted molar refractivity (Wildman–Crippen MR) is 92.1 cm³/mol. The lowest BCUT2D eigenvalue weighted by atomic mass is 10.1. The van der Waals surface area contributed by atoms with Gasteiger partial charge in [-0.2, -0.15) is 4.68 Å². The van der Waals surface area contributed by atoms with E-state index in [9.17, 15) is 9.90 Å². The predicted octanol–water partition coefficient (Wildman–Crippen LogP) is 1.31. The smallest absolute Gasteiger partial charge is 0.274 e. The fourth-order valence-corrected chi connectivity index (χ4v) is 2.57. The quantitative estimate of drug-likeness (QED) is 0.583. The van der Waals surface area contributed by atoms with E-state index in [4.69, 9.17) is 28.9 Å². The molecule has 0 aliphatic heterocycles. The van der Waals surface area contributed by atoms with Crippen molar-refractivity contribution in [1.29, 1.82) is 0 Å². The van der Waals surface area contributed by atoms with Gasteiger partial charge in [-0.05, 0) is 34.9 Å². The number of aliphatic hydroxyl groups is 1. The molecule has 0 bridgehead atoms. The fourth-order valence-electron chi connectivity index (χ4n) is 2.27. The zero-order chi connectivity index (χ0) is 18.8. The lowest BCUT2D eigenvalue weighted by Gasteiger charge is -2.16. The van der Waals surface area contributed by atoms with Gasteiger partial charge in [-0.1, -0.05) is 34.5 Å². The van der Waals surface area contributed by atoms with E-state index in [-0.39, 0.29) is 23.9 Å². The molecule has 0 radical (unpaired) electrons. The molecule has 0 saturated carbocycles. The van der Waals surface area contributed by atoms with Crippen LogP contribution in [0.1, 0.15) is 27.8 Å². The molecule has 3 aromatic rings. The van der Waals surface area contributed by atoms with Gasteiger partial charge in [-0.25, -0.2) is 4.63 Å². The summed E-state index contributed by atoms with van der Waals surface area (Å²) in [6.07, 6.45) is 0. The van der Waals surface area contributed by atoms with Gasteiger partial charge in [-0.15, -0.1) is 5.10 Å². The van der Waals surface area contributed by atoms with E-state index >= 15 is 0 Å². The van der Waals surface area contributed by atoms with Crippen LogP contribution in [0.5, 0.6) is 0 Å². The van der Waals surface area contributed by atoms with E-state index in [2.05, 4.69) is 30.6 Å². The number of carbonyl (C=O) groups excluding carboxylic acids is 1. The molecule has 0 fully saturated rings. The van der Waals surface area contributed by atoms with Crippen molar-refractivity contribution in [2.45, 2.75) is 13.0 Å². The lowest BCUT2D eigenvalue weighted by molar-refractivity contribution is 0.0910. The molecule has 0 spiro atoms. The van der Waals surface area contributed by atoms with Gasteiger partial charge in [0.05, 0.1) is 28.4 Å². The Morgan fingerprint density at radius 3 is 2.77 bits per heavy atom. The van der Waals surface area contributed by atoms with Crippen LogP contribution in [0.3, 0.4) is 0 Å². The van der Waals surface area contributed by atoms with Crippen molar-refractivity contribution < 1.29 is 14.5 Å². The molecule has 1 atom stereocenters. The molecular formula is C14H13Cl2N7O3. The number of aliphatic hydroxyl groups excluding tert-OH is 1. The second-order valence-electron chi connectivity index (χ2n) is 5.29. The van der Waals surface area contributed by atoms with Crippen LogP contribution in [0.15, 0.2) is 22.8 Å². The third kappa shape index (κ3) is 3.34. The van der Waals surface area contributed by atoms with Gasteiger partial charge in [-0.3, -0.25) is 4.79 Å². The molecular weight excluding hydrogens is 385 g/mol. The highest BCUT2D eigenvalue weighted by Crippen LogP contribution is 2.26. The molecule has 12 heteroatoms. The number of nitrogens with two attached hydrogens (primary N) is 1. The average Bonchev–Trinajstić information content (AvgIpc) is 3.20. The summed E-state index contributed by atoms with van der Waals surface area (Å²) in [5, 5.41) is 27.7. The molecule has 26 heavy (non-hydrogen) atoms. The fraction of sp³-hybridized carbons (Fsp3) is 0.214. The summed E-state index contributed by atoms with van der Waals surface area (Å²) in [6, 6.07) is 4.09. The SMILES string of the molecule is Cc1c(C(=O)NC(CO)c2ccc(Cl)c(Cl)c2)nnn1-c1nonc1N. The van der Waals surface area contributed by atoms with E-state index in [1.54, 1.807) is 25.1 Å². The van der Waals surface area contributed by atoms with E-state index < -0.39 is 11.9 Å². The Bertz CT molecular complexity index is 956. The number of amides is 1. The Morgan fingerprint density at radius 1 is 1.38 bits per heavy atom. The lowest BCUT2D eigenvalue weighted by Crippen LogP contribution is -2.31. The van der Waals surface area contributed by atoms with E-state index in [1.165, 1.54) is 4.68 Å². The first kappa shape index (κ1) is 18.1. The number of anilines is 1. The van der Waals surface area contributed by atoms with E-state index in [0.717, 1.165) is 0 Å². The van der Waals surface area contributed by atoms with Gasteiger partial charge in [0, 0.05) is 0 Å². The normalized spacial score (nSPS) is 12.2. The number of nitrogens with zero attached hydrogens (tertiary/aromatic N) is 5. The highest BCUT2D eigenvalue weighted by atomic mass is 35.5. The number of carbonyl (C=O) groups is 1. The van der Waals surface area contributed by atoms with Crippen LogP contribution in [0, 0.1) is 6.92 Å². The van der Waals surface area contributed by atoms with Crippen molar-refractivity contribution in [2.75, 3.05) is 12.3 Å². The number of rotatable bonds is 5. The maximum Gasteiger partial charge on any atom is 0.274 e. The molecule has 1 unspecified atom stereocenters. The maximum absolute atomic E-state index is 12.5. The molecule has 0 saturated heterocycles. The van der Waals surface area contributed by atoms with Crippen molar-refractivity contribution >= 4 is 34.9 Å². The molecule has 3 rings (SSSR count). The minimum absolute atomic E-state index is 0.00833. The second-order valence-corrected chi connectivity index (χ2v) is 6.10. The van der Waals surface area contributed by atoms with Crippen LogP contribution in [0.2, 0.25) is 10.0 Å². The first-order valence-electron chi connectivity index (χ1n) is 7.29. The molecule has 2 aromatic heterocycles. The van der Waals surface area contributed by atoms with E-state index in [0.29, 0.717) is 21.3 Å². The molecule has 4 N–H and O–H groups in total. The second kappa shape index (κ2) is 7.28. The summed E-state index contributed by atoms with van der Waals surface area (Å²) in [5.74, 6) is -0.417. The van der Waals surface area contributed by atoms with Gasteiger partial charge < -0.3 is 16.2 Å². The number of benzene rings is 1. The maximum atomic E-state index is 12.5. The largest absolute Gasteiger partial charge is 0.394 e. The Balaban J connectivity index is 1.84. The number of hydrogen-bond donors (Lipinski definition) is 3. The zero-order valence-electron chi connectivity index (χ0n) is 13.3. The van der Waals surface area contributed by atoms with Crippen molar-refractivity contribution in [2.24, 2.45) is 0 Å². The molecule has 2 heterocycles. The Hall–Kier alpha value is -2.69. The van der Waals surface area contributed by atoms with E-state index in [1.807, 2.05) is 0 Å². The van der Waals surface area contributed by atoms with Crippen LogP contribution in [-0.4, -0.2) is 42.9 Å². The molecule has 0 aliphatic rings. The summed E-state index contributed by atoms with van der Waals surface area (Å²) in [6.45, 7) is 1.26. The minimum atomic E-state index is -0.708. The Morgan fingerprint density at radius 2 is 2.15 bits per heavy atom. The van der Waals surface area contributed by atoms with Crippen LogP contribution in [0.25, 0.3) is 5.82 Å². The summed E-state index contributed by atoms with van der Waals surface area (Å²) < 4.78 is 5.74. The summed E-state index contributed by atoms with van der Waals surface area (Å²) in [7, 11) is 0. The van der Waals surface area contributed by atoms with Crippen molar-refractivity contribution in [3.63, 3.8) is 0 Å². The number of hydrogen-bond acceptors (Lipinski definition) is 8. The van der Waals surface area contributed by atoms with Gasteiger partial charge in [0.2, 0.25) is 11.6 Å². The van der Waals surface area contributed by atoms with Crippen molar-refractivity contribution in [3.8, 4) is 5.82 Å². The molecule has 136 valence electrons. The van der Waals surface area contributed by atoms with Gasteiger partial charge in [0.1, 0.15) is 0 Å². The summed E-state index contributed by atoms with van der Waals surface area (Å²) in [4.78, 5) is 12.5. The van der Waals surface area contributed by atoms with Gasteiger partial charge >= 0.3 is 0 Å². The van der Waals surface area contributed by atoms with Gasteiger partial charge in [0.25, 0.3) is 5.91 Å². The number of nitrogen functional groups attached to an aromatic ring is 1. The standard InChI is InChI=1S/C14H13Cl2N7O3/c1-6-11(19-22-23(6)13-12(17)20-26-21-13)14(25)18-10(5-24)7-2-3-8(15)9(16)4-7/h2-4,10,24H,5H2,1H3,(H2,17,20)(H,18,25). The Kier molecular flexibility index (Phi) is 5.07. The van der Waals surface area contributed by atoms with Crippen LogP contribution >= 0.6 is 23.2 Å².